The van der Waals surface area contributed by atoms with E-state index in [0.717, 1.165) is 5.56 Å². The zero-order chi connectivity index (χ0) is 18.1. The van der Waals surface area contributed by atoms with Crippen LogP contribution in [-0.4, -0.2) is 30.8 Å². The summed E-state index contributed by atoms with van der Waals surface area (Å²) in [6.45, 7) is 5.38. The maximum Gasteiger partial charge on any atom is 0.314 e. The number of carbonyl (C=O) groups is 1. The van der Waals surface area contributed by atoms with Crippen molar-refractivity contribution >= 4 is 6.03 Å². The first-order valence-corrected chi connectivity index (χ1v) is 8.76. The van der Waals surface area contributed by atoms with E-state index in [1.165, 1.54) is 5.56 Å². The molecular weight excluding hydrogens is 312 g/mol. The Balaban J connectivity index is 1.85. The SMILES string of the molecule is CC(C)(CNC(=O)NCC(CCO)c1ccccc1)c1ccccc1. The Morgan fingerprint density at radius 1 is 1.00 bits per heavy atom. The van der Waals surface area contributed by atoms with Gasteiger partial charge in [0.2, 0.25) is 0 Å². The standard InChI is InChI=1S/C21H28N2O2/c1-21(2,19-11-7-4-8-12-19)16-23-20(25)22-15-18(13-14-24)17-9-5-3-6-10-17/h3-12,18,24H,13-16H2,1-2H3,(H2,22,23,25). The van der Waals surface area contributed by atoms with Crippen molar-refractivity contribution in [2.45, 2.75) is 31.6 Å². The second kappa shape index (κ2) is 9.23. The summed E-state index contributed by atoms with van der Waals surface area (Å²) in [5.74, 6) is 0.110. The molecule has 0 aromatic heterocycles. The minimum atomic E-state index is -0.178. The lowest BCUT2D eigenvalue weighted by molar-refractivity contribution is 0.235. The molecule has 2 aromatic carbocycles. The minimum absolute atomic E-state index is 0.101. The van der Waals surface area contributed by atoms with Crippen molar-refractivity contribution in [1.82, 2.24) is 10.6 Å². The fourth-order valence-corrected chi connectivity index (χ4v) is 2.84. The molecule has 0 saturated heterocycles. The van der Waals surface area contributed by atoms with Crippen LogP contribution in [0.4, 0.5) is 4.79 Å². The van der Waals surface area contributed by atoms with Gasteiger partial charge in [0.15, 0.2) is 0 Å². The van der Waals surface area contributed by atoms with Crippen LogP contribution in [0.5, 0.6) is 0 Å². The summed E-state index contributed by atoms with van der Waals surface area (Å²) < 4.78 is 0. The molecule has 0 saturated carbocycles. The van der Waals surface area contributed by atoms with Crippen molar-refractivity contribution in [1.29, 1.82) is 0 Å². The molecule has 1 unspecified atom stereocenters. The third-order valence-corrected chi connectivity index (χ3v) is 4.50. The molecule has 0 aliphatic heterocycles. The molecule has 4 heteroatoms. The molecule has 0 spiro atoms. The van der Waals surface area contributed by atoms with Crippen LogP contribution in [0.1, 0.15) is 37.3 Å². The van der Waals surface area contributed by atoms with Crippen molar-refractivity contribution in [2.75, 3.05) is 19.7 Å². The molecule has 134 valence electrons. The Morgan fingerprint density at radius 3 is 2.20 bits per heavy atom. The number of benzene rings is 2. The number of aliphatic hydroxyl groups is 1. The molecule has 0 aliphatic rings. The maximum absolute atomic E-state index is 12.2. The van der Waals surface area contributed by atoms with Crippen LogP contribution in [0.25, 0.3) is 0 Å². The zero-order valence-corrected chi connectivity index (χ0v) is 15.0. The first kappa shape index (κ1) is 19.0. The molecule has 2 rings (SSSR count). The molecule has 0 heterocycles. The van der Waals surface area contributed by atoms with Gasteiger partial charge in [0.05, 0.1) is 0 Å². The number of hydrogen-bond donors (Lipinski definition) is 3. The van der Waals surface area contributed by atoms with Crippen LogP contribution in [0.15, 0.2) is 60.7 Å². The van der Waals surface area contributed by atoms with Crippen molar-refractivity contribution in [3.8, 4) is 0 Å². The first-order chi connectivity index (χ1) is 12.0. The number of urea groups is 1. The van der Waals surface area contributed by atoms with Crippen molar-refractivity contribution in [3.63, 3.8) is 0 Å². The van der Waals surface area contributed by atoms with Crippen LogP contribution in [0.2, 0.25) is 0 Å². The lowest BCUT2D eigenvalue weighted by Gasteiger charge is -2.26. The summed E-state index contributed by atoms with van der Waals surface area (Å²) in [5, 5.41) is 15.2. The van der Waals surface area contributed by atoms with Gasteiger partial charge in [-0.3, -0.25) is 0 Å². The molecule has 1 atom stereocenters. The quantitative estimate of drug-likeness (QED) is 0.689. The van der Waals surface area contributed by atoms with Gasteiger partial charge in [0, 0.05) is 31.0 Å². The topological polar surface area (TPSA) is 61.4 Å². The minimum Gasteiger partial charge on any atom is -0.396 e. The lowest BCUT2D eigenvalue weighted by Crippen LogP contribution is -2.43. The summed E-state index contributed by atoms with van der Waals surface area (Å²) >= 11 is 0. The molecule has 0 fully saturated rings. The van der Waals surface area contributed by atoms with E-state index >= 15 is 0 Å². The second-order valence-electron chi connectivity index (χ2n) is 6.93. The second-order valence-corrected chi connectivity index (χ2v) is 6.93. The number of carbonyl (C=O) groups excluding carboxylic acids is 1. The van der Waals surface area contributed by atoms with E-state index < -0.39 is 0 Å². The van der Waals surface area contributed by atoms with Gasteiger partial charge < -0.3 is 15.7 Å². The van der Waals surface area contributed by atoms with E-state index in [1.807, 2.05) is 48.5 Å². The Kier molecular flexibility index (Phi) is 7.02. The smallest absolute Gasteiger partial charge is 0.314 e. The molecule has 0 bridgehead atoms. The summed E-state index contributed by atoms with van der Waals surface area (Å²) in [7, 11) is 0. The Labute approximate surface area is 150 Å². The van der Waals surface area contributed by atoms with Gasteiger partial charge in [0.25, 0.3) is 0 Å². The fraction of sp³-hybridized carbons (Fsp3) is 0.381. The number of hydrogen-bond acceptors (Lipinski definition) is 2. The predicted molar refractivity (Wildman–Crippen MR) is 102 cm³/mol. The highest BCUT2D eigenvalue weighted by Gasteiger charge is 2.21. The van der Waals surface area contributed by atoms with Gasteiger partial charge in [0.1, 0.15) is 0 Å². The van der Waals surface area contributed by atoms with E-state index in [1.54, 1.807) is 0 Å². The van der Waals surface area contributed by atoms with Crippen LogP contribution < -0.4 is 10.6 Å². The number of rotatable bonds is 8. The van der Waals surface area contributed by atoms with Gasteiger partial charge in [-0.2, -0.15) is 0 Å². The molecule has 2 aromatic rings. The van der Waals surface area contributed by atoms with Gasteiger partial charge >= 0.3 is 6.03 Å². The lowest BCUT2D eigenvalue weighted by atomic mass is 9.85. The number of nitrogens with one attached hydrogen (secondary N) is 2. The maximum atomic E-state index is 12.2. The molecule has 4 nitrogen and oxygen atoms in total. The Hall–Kier alpha value is -2.33. The largest absolute Gasteiger partial charge is 0.396 e. The van der Waals surface area contributed by atoms with Gasteiger partial charge in [-0.15, -0.1) is 0 Å². The molecule has 2 amide bonds. The van der Waals surface area contributed by atoms with Gasteiger partial charge in [-0.25, -0.2) is 4.79 Å². The molecule has 25 heavy (non-hydrogen) atoms. The van der Waals surface area contributed by atoms with E-state index in [-0.39, 0.29) is 24.0 Å². The monoisotopic (exact) mass is 340 g/mol. The highest BCUT2D eigenvalue weighted by atomic mass is 16.3. The highest BCUT2D eigenvalue weighted by Crippen LogP contribution is 2.21. The van der Waals surface area contributed by atoms with Crippen molar-refractivity contribution < 1.29 is 9.90 Å². The fourth-order valence-electron chi connectivity index (χ4n) is 2.84. The van der Waals surface area contributed by atoms with Crippen LogP contribution in [0.3, 0.4) is 0 Å². The van der Waals surface area contributed by atoms with Crippen LogP contribution in [0, 0.1) is 0 Å². The van der Waals surface area contributed by atoms with Gasteiger partial charge in [-0.1, -0.05) is 74.5 Å². The normalized spacial score (nSPS) is 12.4. The number of amides is 2. The highest BCUT2D eigenvalue weighted by molar-refractivity contribution is 5.74. The Morgan fingerprint density at radius 2 is 1.60 bits per heavy atom. The average molecular weight is 340 g/mol. The molecular formula is C21H28N2O2. The van der Waals surface area contributed by atoms with E-state index in [2.05, 4.69) is 36.6 Å². The predicted octanol–water partition coefficient (Wildman–Crippen LogP) is 3.43. The third kappa shape index (κ3) is 5.91. The van der Waals surface area contributed by atoms with E-state index in [4.69, 9.17) is 0 Å². The third-order valence-electron chi connectivity index (χ3n) is 4.50. The van der Waals surface area contributed by atoms with Crippen LogP contribution in [-0.2, 0) is 5.41 Å². The van der Waals surface area contributed by atoms with Crippen molar-refractivity contribution in [2.24, 2.45) is 0 Å². The van der Waals surface area contributed by atoms with E-state index in [0.29, 0.717) is 19.5 Å². The average Bonchev–Trinajstić information content (AvgIpc) is 2.65. The summed E-state index contributed by atoms with van der Waals surface area (Å²) in [4.78, 5) is 12.2. The summed E-state index contributed by atoms with van der Waals surface area (Å²) in [6, 6.07) is 19.9. The molecule has 3 N–H and O–H groups in total. The summed E-state index contributed by atoms with van der Waals surface area (Å²) in [5.41, 5.74) is 2.18. The van der Waals surface area contributed by atoms with Gasteiger partial charge in [-0.05, 0) is 17.5 Å². The first-order valence-electron chi connectivity index (χ1n) is 8.76. The Bertz CT molecular complexity index is 641. The zero-order valence-electron chi connectivity index (χ0n) is 15.0. The number of aliphatic hydroxyl groups excluding tert-OH is 1. The van der Waals surface area contributed by atoms with Crippen molar-refractivity contribution in [3.05, 3.63) is 71.8 Å². The molecule has 0 radical (unpaired) electrons. The van der Waals surface area contributed by atoms with E-state index in [9.17, 15) is 9.90 Å². The molecule has 0 aliphatic carbocycles. The summed E-state index contributed by atoms with van der Waals surface area (Å²) in [6.07, 6.45) is 0.625. The van der Waals surface area contributed by atoms with Crippen LogP contribution >= 0.6 is 0 Å².